The molecule has 5 rings (SSSR count). The minimum Gasteiger partial charge on any atom is -0.490 e. The van der Waals surface area contributed by atoms with Crippen LogP contribution in [0.25, 0.3) is 16.9 Å². The molecule has 154 valence electrons. The summed E-state index contributed by atoms with van der Waals surface area (Å²) in [6, 6.07) is 10.6. The molecule has 1 saturated carbocycles. The molecule has 2 fully saturated rings. The van der Waals surface area contributed by atoms with Crippen LogP contribution < -0.4 is 10.1 Å². The number of benzene rings is 1. The molecule has 6 heteroatoms. The van der Waals surface area contributed by atoms with Gasteiger partial charge in [-0.1, -0.05) is 25.4 Å². The van der Waals surface area contributed by atoms with Crippen molar-refractivity contribution < 1.29 is 4.74 Å². The molecule has 1 aliphatic carbocycles. The van der Waals surface area contributed by atoms with Gasteiger partial charge in [-0.2, -0.15) is 5.10 Å². The fourth-order valence-electron chi connectivity index (χ4n) is 4.07. The van der Waals surface area contributed by atoms with E-state index >= 15 is 0 Å². The molecule has 1 aromatic carbocycles. The summed E-state index contributed by atoms with van der Waals surface area (Å²) in [5.74, 6) is 1.32. The van der Waals surface area contributed by atoms with E-state index in [4.69, 9.17) is 21.4 Å². The molecular weight excluding hydrogens is 384 g/mol. The normalized spacial score (nSPS) is 23.3. The summed E-state index contributed by atoms with van der Waals surface area (Å²) < 4.78 is 7.90. The second-order valence-electron chi connectivity index (χ2n) is 8.19. The maximum Gasteiger partial charge on any atom is 0.155 e. The molecule has 0 spiro atoms. The predicted molar refractivity (Wildman–Crippen MR) is 118 cm³/mol. The highest BCUT2D eigenvalue weighted by molar-refractivity contribution is 6.32. The smallest absolute Gasteiger partial charge is 0.155 e. The zero-order valence-corrected chi connectivity index (χ0v) is 18.3. The Morgan fingerprint density at radius 3 is 2.66 bits per heavy atom. The molecule has 1 saturated heterocycles. The van der Waals surface area contributed by atoms with Gasteiger partial charge in [-0.3, -0.25) is 0 Å². The van der Waals surface area contributed by atoms with E-state index in [2.05, 4.69) is 30.2 Å². The van der Waals surface area contributed by atoms with Crippen LogP contribution in [0.4, 0.5) is 0 Å². The van der Waals surface area contributed by atoms with Crippen LogP contribution in [0.5, 0.6) is 5.75 Å². The van der Waals surface area contributed by atoms with E-state index in [-0.39, 0.29) is 5.54 Å². The molecular formula is C23H29ClN4O. The molecule has 0 bridgehead atoms. The van der Waals surface area contributed by atoms with Crippen molar-refractivity contribution in [2.75, 3.05) is 6.61 Å². The Labute approximate surface area is 177 Å². The van der Waals surface area contributed by atoms with E-state index in [0.717, 1.165) is 29.0 Å². The SMILES string of the molecule is CC.CC1C[C@@](C)(COc2ccc(-c3ccnc4cc(C5CC5)nn34)cc2Cl)N1. The third kappa shape index (κ3) is 4.12. The Morgan fingerprint density at radius 2 is 2.00 bits per heavy atom. The van der Waals surface area contributed by atoms with E-state index < -0.39 is 0 Å². The van der Waals surface area contributed by atoms with Crippen molar-refractivity contribution in [1.29, 1.82) is 0 Å². The lowest BCUT2D eigenvalue weighted by atomic mass is 9.85. The highest BCUT2D eigenvalue weighted by Crippen LogP contribution is 2.40. The van der Waals surface area contributed by atoms with E-state index in [9.17, 15) is 0 Å². The second-order valence-corrected chi connectivity index (χ2v) is 8.59. The summed E-state index contributed by atoms with van der Waals surface area (Å²) in [5.41, 5.74) is 4.04. The number of ether oxygens (including phenoxy) is 1. The van der Waals surface area contributed by atoms with E-state index in [0.29, 0.717) is 29.3 Å². The number of hydrogen-bond donors (Lipinski definition) is 1. The molecule has 2 atom stereocenters. The van der Waals surface area contributed by atoms with Gasteiger partial charge in [0.15, 0.2) is 5.65 Å². The quantitative estimate of drug-likeness (QED) is 0.603. The Morgan fingerprint density at radius 1 is 1.24 bits per heavy atom. The number of nitrogens with zero attached hydrogens (tertiary/aromatic N) is 3. The average Bonchev–Trinajstić information content (AvgIpc) is 3.46. The largest absolute Gasteiger partial charge is 0.490 e. The monoisotopic (exact) mass is 412 g/mol. The van der Waals surface area contributed by atoms with Crippen LogP contribution in [0.15, 0.2) is 36.5 Å². The van der Waals surface area contributed by atoms with E-state index in [1.54, 1.807) is 0 Å². The molecule has 29 heavy (non-hydrogen) atoms. The number of nitrogens with one attached hydrogen (secondary N) is 1. The number of aromatic nitrogens is 3. The topological polar surface area (TPSA) is 51.5 Å². The number of rotatable bonds is 5. The van der Waals surface area contributed by atoms with Gasteiger partial charge in [0.05, 0.1) is 21.9 Å². The Kier molecular flexibility index (Phi) is 5.54. The van der Waals surface area contributed by atoms with Gasteiger partial charge >= 0.3 is 0 Å². The Bertz CT molecular complexity index is 1010. The standard InChI is InChI=1S/C21H23ClN4O.C2H6/c1-13-11-21(2,24-13)12-27-19-6-5-15(9-16(19)22)18-7-8-23-20-10-17(14-3-4-14)25-26(18)20;1-2/h5-10,13-14,24H,3-4,11-12H2,1-2H3;1-2H3/t13?,21-;/m0./s1. The second kappa shape index (κ2) is 7.96. The van der Waals surface area contributed by atoms with Gasteiger partial charge in [-0.05, 0) is 57.4 Å². The van der Waals surface area contributed by atoms with Crippen molar-refractivity contribution in [2.24, 2.45) is 0 Å². The number of halogens is 1. The highest BCUT2D eigenvalue weighted by atomic mass is 35.5. The zero-order chi connectivity index (χ0) is 20.6. The minimum atomic E-state index is 0.0347. The summed E-state index contributed by atoms with van der Waals surface area (Å²) >= 11 is 6.52. The van der Waals surface area contributed by atoms with Crippen LogP contribution in [0.3, 0.4) is 0 Å². The van der Waals surface area contributed by atoms with Crippen molar-refractivity contribution >= 4 is 17.2 Å². The highest BCUT2D eigenvalue weighted by Gasteiger charge is 2.37. The van der Waals surface area contributed by atoms with Crippen LogP contribution in [0, 0.1) is 0 Å². The maximum atomic E-state index is 6.52. The third-order valence-electron chi connectivity index (χ3n) is 5.50. The van der Waals surface area contributed by atoms with E-state index in [1.807, 2.05) is 48.8 Å². The first-order valence-corrected chi connectivity index (χ1v) is 10.9. The molecule has 1 N–H and O–H groups in total. The van der Waals surface area contributed by atoms with Crippen LogP contribution in [0.1, 0.15) is 58.6 Å². The lowest BCUT2D eigenvalue weighted by molar-refractivity contribution is 0.0952. The van der Waals surface area contributed by atoms with Gasteiger partial charge in [0.1, 0.15) is 12.4 Å². The summed E-state index contributed by atoms with van der Waals surface area (Å²) in [6.07, 6.45) is 5.39. The number of hydrogen-bond acceptors (Lipinski definition) is 4. The lowest BCUT2D eigenvalue weighted by Gasteiger charge is -2.45. The van der Waals surface area contributed by atoms with Crippen molar-refractivity contribution in [3.05, 3.63) is 47.2 Å². The fraction of sp³-hybridized carbons (Fsp3) is 0.478. The third-order valence-corrected chi connectivity index (χ3v) is 5.79. The first-order chi connectivity index (χ1) is 14.0. The van der Waals surface area contributed by atoms with Gasteiger partial charge in [-0.15, -0.1) is 0 Å². The number of fused-ring (bicyclic) bond motifs is 1. The summed E-state index contributed by atoms with van der Waals surface area (Å²) in [6.45, 7) is 8.97. The lowest BCUT2D eigenvalue weighted by Crippen LogP contribution is -2.63. The van der Waals surface area contributed by atoms with Gasteiger partial charge < -0.3 is 10.1 Å². The molecule has 3 heterocycles. The van der Waals surface area contributed by atoms with Gasteiger partial charge in [-0.25, -0.2) is 9.50 Å². The van der Waals surface area contributed by atoms with Gasteiger partial charge in [0, 0.05) is 29.8 Å². The van der Waals surface area contributed by atoms with E-state index in [1.165, 1.54) is 12.8 Å². The molecule has 5 nitrogen and oxygen atoms in total. The molecule has 0 amide bonds. The van der Waals surface area contributed by atoms with Crippen LogP contribution in [-0.4, -0.2) is 32.8 Å². The maximum absolute atomic E-state index is 6.52. The molecule has 2 aromatic heterocycles. The van der Waals surface area contributed by atoms with Gasteiger partial charge in [0.25, 0.3) is 0 Å². The van der Waals surface area contributed by atoms with Crippen LogP contribution in [0.2, 0.25) is 5.02 Å². The minimum absolute atomic E-state index is 0.0347. The molecule has 1 unspecified atom stereocenters. The fourth-order valence-corrected chi connectivity index (χ4v) is 4.31. The average molecular weight is 413 g/mol. The van der Waals surface area contributed by atoms with Gasteiger partial charge in [0.2, 0.25) is 0 Å². The summed E-state index contributed by atoms with van der Waals surface area (Å²) in [4.78, 5) is 4.45. The summed E-state index contributed by atoms with van der Waals surface area (Å²) in [7, 11) is 0. The van der Waals surface area contributed by atoms with Crippen molar-refractivity contribution in [2.45, 2.75) is 64.5 Å². The first kappa shape index (κ1) is 20.2. The first-order valence-electron chi connectivity index (χ1n) is 10.6. The Balaban J connectivity index is 0.000000994. The van der Waals surface area contributed by atoms with Crippen molar-refractivity contribution in [3.8, 4) is 17.0 Å². The van der Waals surface area contributed by atoms with Crippen molar-refractivity contribution in [3.63, 3.8) is 0 Å². The molecule has 2 aliphatic rings. The molecule has 0 radical (unpaired) electrons. The summed E-state index contributed by atoms with van der Waals surface area (Å²) in [5, 5.41) is 8.88. The zero-order valence-electron chi connectivity index (χ0n) is 17.6. The predicted octanol–water partition coefficient (Wildman–Crippen LogP) is 5.47. The van der Waals surface area contributed by atoms with Crippen molar-refractivity contribution in [1.82, 2.24) is 19.9 Å². The van der Waals surface area contributed by atoms with Crippen LogP contribution >= 0.6 is 11.6 Å². The Hall–Kier alpha value is -2.11. The van der Waals surface area contributed by atoms with Crippen LogP contribution in [-0.2, 0) is 0 Å². The molecule has 1 aliphatic heterocycles. The molecule has 3 aromatic rings.